The quantitative estimate of drug-likeness (QED) is 0.769. The smallest absolute Gasteiger partial charge is 0.224 e. The SMILES string of the molecule is CCNc1nccc(N2CCN(c3ncnc4ncccc34)CC2)n1. The van der Waals surface area contributed by atoms with Crippen LogP contribution in [0.2, 0.25) is 0 Å². The molecule has 0 bridgehead atoms. The summed E-state index contributed by atoms with van der Waals surface area (Å²) in [5, 5.41) is 4.15. The number of hydrogen-bond acceptors (Lipinski definition) is 8. The minimum atomic E-state index is 0.676. The average molecular weight is 336 g/mol. The second-order valence-electron chi connectivity index (χ2n) is 5.81. The topological polar surface area (TPSA) is 83.0 Å². The fourth-order valence-electron chi connectivity index (χ4n) is 3.05. The van der Waals surface area contributed by atoms with E-state index in [9.17, 15) is 0 Å². The largest absolute Gasteiger partial charge is 0.354 e. The molecule has 8 heteroatoms. The molecule has 0 radical (unpaired) electrons. The van der Waals surface area contributed by atoms with Crippen LogP contribution < -0.4 is 15.1 Å². The molecular weight excluding hydrogens is 316 g/mol. The molecule has 1 aliphatic rings. The van der Waals surface area contributed by atoms with Crippen molar-refractivity contribution < 1.29 is 0 Å². The van der Waals surface area contributed by atoms with Crippen molar-refractivity contribution >= 4 is 28.6 Å². The Hall–Kier alpha value is -3.03. The van der Waals surface area contributed by atoms with Crippen LogP contribution in [-0.2, 0) is 0 Å². The van der Waals surface area contributed by atoms with Crippen molar-refractivity contribution in [1.29, 1.82) is 0 Å². The third kappa shape index (κ3) is 3.15. The van der Waals surface area contributed by atoms with Gasteiger partial charge in [0.15, 0.2) is 5.65 Å². The zero-order valence-corrected chi connectivity index (χ0v) is 14.1. The number of nitrogens with one attached hydrogen (secondary N) is 1. The highest BCUT2D eigenvalue weighted by molar-refractivity contribution is 5.86. The highest BCUT2D eigenvalue weighted by atomic mass is 15.3. The van der Waals surface area contributed by atoms with Crippen molar-refractivity contribution in [2.24, 2.45) is 0 Å². The zero-order chi connectivity index (χ0) is 17.1. The normalized spacial score (nSPS) is 14.8. The third-order valence-electron chi connectivity index (χ3n) is 4.27. The Morgan fingerprint density at radius 3 is 2.64 bits per heavy atom. The Morgan fingerprint density at radius 2 is 1.80 bits per heavy atom. The first kappa shape index (κ1) is 15.5. The number of aromatic nitrogens is 5. The molecule has 8 nitrogen and oxygen atoms in total. The Balaban J connectivity index is 1.50. The second kappa shape index (κ2) is 6.84. The van der Waals surface area contributed by atoms with Crippen LogP contribution in [0.3, 0.4) is 0 Å². The number of fused-ring (bicyclic) bond motifs is 1. The average Bonchev–Trinajstić information content (AvgIpc) is 2.68. The van der Waals surface area contributed by atoms with Crippen LogP contribution in [0.5, 0.6) is 0 Å². The molecule has 4 heterocycles. The maximum Gasteiger partial charge on any atom is 0.224 e. The highest BCUT2D eigenvalue weighted by Gasteiger charge is 2.21. The molecule has 3 aromatic rings. The van der Waals surface area contributed by atoms with Gasteiger partial charge in [-0.3, -0.25) is 0 Å². The van der Waals surface area contributed by atoms with Crippen LogP contribution in [-0.4, -0.2) is 57.6 Å². The van der Waals surface area contributed by atoms with Gasteiger partial charge in [0, 0.05) is 45.1 Å². The van der Waals surface area contributed by atoms with E-state index in [2.05, 4.69) is 40.0 Å². The summed E-state index contributed by atoms with van der Waals surface area (Å²) in [5.41, 5.74) is 0.737. The zero-order valence-electron chi connectivity index (χ0n) is 14.1. The molecule has 0 aromatic carbocycles. The van der Waals surface area contributed by atoms with Gasteiger partial charge in [-0.1, -0.05) is 0 Å². The van der Waals surface area contributed by atoms with Crippen LogP contribution in [0, 0.1) is 0 Å². The van der Waals surface area contributed by atoms with E-state index in [4.69, 9.17) is 0 Å². The van der Waals surface area contributed by atoms with Gasteiger partial charge in [0.1, 0.15) is 18.0 Å². The molecule has 0 atom stereocenters. The number of rotatable bonds is 4. The lowest BCUT2D eigenvalue weighted by Gasteiger charge is -2.36. The number of hydrogen-bond donors (Lipinski definition) is 1. The first-order valence-corrected chi connectivity index (χ1v) is 8.47. The van der Waals surface area contributed by atoms with E-state index >= 15 is 0 Å². The summed E-state index contributed by atoms with van der Waals surface area (Å²) in [6, 6.07) is 5.91. The van der Waals surface area contributed by atoms with E-state index in [1.54, 1.807) is 18.7 Å². The molecule has 25 heavy (non-hydrogen) atoms. The summed E-state index contributed by atoms with van der Waals surface area (Å²) in [7, 11) is 0. The number of nitrogens with zero attached hydrogens (tertiary/aromatic N) is 7. The van der Waals surface area contributed by atoms with E-state index in [0.717, 1.165) is 55.4 Å². The van der Waals surface area contributed by atoms with E-state index in [0.29, 0.717) is 5.95 Å². The molecule has 0 aliphatic carbocycles. The fourth-order valence-corrected chi connectivity index (χ4v) is 3.05. The molecular formula is C17H20N8. The van der Waals surface area contributed by atoms with Gasteiger partial charge in [-0.25, -0.2) is 19.9 Å². The summed E-state index contributed by atoms with van der Waals surface area (Å²) in [6.07, 6.45) is 5.15. The summed E-state index contributed by atoms with van der Waals surface area (Å²) in [5.74, 6) is 2.59. The third-order valence-corrected chi connectivity index (χ3v) is 4.27. The van der Waals surface area contributed by atoms with Crippen LogP contribution in [0.25, 0.3) is 11.0 Å². The van der Waals surface area contributed by atoms with Crippen molar-refractivity contribution in [3.63, 3.8) is 0 Å². The fraction of sp³-hybridized carbons (Fsp3) is 0.353. The van der Waals surface area contributed by atoms with Crippen molar-refractivity contribution in [3.05, 3.63) is 36.9 Å². The first-order valence-electron chi connectivity index (χ1n) is 8.47. The second-order valence-corrected chi connectivity index (χ2v) is 5.81. The molecule has 0 amide bonds. The Kier molecular flexibility index (Phi) is 4.24. The van der Waals surface area contributed by atoms with Crippen molar-refractivity contribution in [2.75, 3.05) is 47.8 Å². The molecule has 0 unspecified atom stereocenters. The first-order chi connectivity index (χ1) is 12.3. The molecule has 4 rings (SSSR count). The van der Waals surface area contributed by atoms with E-state index in [1.807, 2.05) is 25.1 Å². The monoisotopic (exact) mass is 336 g/mol. The Bertz CT molecular complexity index is 855. The van der Waals surface area contributed by atoms with E-state index in [1.165, 1.54) is 0 Å². The molecule has 1 N–H and O–H groups in total. The molecule has 1 fully saturated rings. The molecule has 0 spiro atoms. The van der Waals surface area contributed by atoms with Gasteiger partial charge >= 0.3 is 0 Å². The van der Waals surface area contributed by atoms with Crippen LogP contribution in [0.4, 0.5) is 17.6 Å². The van der Waals surface area contributed by atoms with Gasteiger partial charge in [0.2, 0.25) is 5.95 Å². The van der Waals surface area contributed by atoms with Gasteiger partial charge in [0.05, 0.1) is 5.39 Å². The van der Waals surface area contributed by atoms with Crippen LogP contribution >= 0.6 is 0 Å². The van der Waals surface area contributed by atoms with Crippen LogP contribution in [0.15, 0.2) is 36.9 Å². The predicted molar refractivity (Wildman–Crippen MR) is 98.0 cm³/mol. The van der Waals surface area contributed by atoms with Crippen molar-refractivity contribution in [2.45, 2.75) is 6.92 Å². The van der Waals surface area contributed by atoms with E-state index < -0.39 is 0 Å². The summed E-state index contributed by atoms with van der Waals surface area (Å²) in [4.78, 5) is 26.4. The lowest BCUT2D eigenvalue weighted by atomic mass is 10.2. The number of anilines is 3. The van der Waals surface area contributed by atoms with E-state index in [-0.39, 0.29) is 0 Å². The van der Waals surface area contributed by atoms with Crippen LogP contribution in [0.1, 0.15) is 6.92 Å². The van der Waals surface area contributed by atoms with Gasteiger partial charge in [-0.05, 0) is 25.1 Å². The van der Waals surface area contributed by atoms with Crippen molar-refractivity contribution in [1.82, 2.24) is 24.9 Å². The lowest BCUT2D eigenvalue weighted by molar-refractivity contribution is 0.642. The molecule has 0 saturated carbocycles. The maximum atomic E-state index is 4.58. The summed E-state index contributed by atoms with van der Waals surface area (Å²) >= 11 is 0. The minimum Gasteiger partial charge on any atom is -0.354 e. The lowest BCUT2D eigenvalue weighted by Crippen LogP contribution is -2.47. The summed E-state index contributed by atoms with van der Waals surface area (Å²) in [6.45, 7) is 6.37. The standard InChI is InChI=1S/C17H20N8/c1-2-18-17-20-7-5-14(23-17)24-8-10-25(11-9-24)16-13-4-3-6-19-15(13)21-12-22-16/h3-7,12H,2,8-11H2,1H3,(H,18,20,23). The van der Waals surface area contributed by atoms with Gasteiger partial charge < -0.3 is 15.1 Å². The molecule has 3 aromatic heterocycles. The predicted octanol–water partition coefficient (Wildman–Crippen LogP) is 1.57. The Morgan fingerprint density at radius 1 is 0.960 bits per heavy atom. The highest BCUT2D eigenvalue weighted by Crippen LogP contribution is 2.23. The molecule has 128 valence electrons. The van der Waals surface area contributed by atoms with Crippen molar-refractivity contribution in [3.8, 4) is 0 Å². The van der Waals surface area contributed by atoms with Gasteiger partial charge in [-0.15, -0.1) is 0 Å². The minimum absolute atomic E-state index is 0.676. The number of pyridine rings is 1. The summed E-state index contributed by atoms with van der Waals surface area (Å²) < 4.78 is 0. The number of piperazine rings is 1. The molecule has 1 saturated heterocycles. The molecule has 1 aliphatic heterocycles. The van der Waals surface area contributed by atoms with Gasteiger partial charge in [-0.2, -0.15) is 4.98 Å². The maximum absolute atomic E-state index is 4.58. The Labute approximate surface area is 146 Å². The van der Waals surface area contributed by atoms with Gasteiger partial charge in [0.25, 0.3) is 0 Å².